The molecule has 0 aliphatic heterocycles. The van der Waals surface area contributed by atoms with Crippen LogP contribution in [0.4, 0.5) is 5.69 Å². The smallest absolute Gasteiger partial charge is 0.263 e. The fourth-order valence-electron chi connectivity index (χ4n) is 3.26. The number of fused-ring (bicyclic) bond motifs is 1. The third-order valence-corrected chi connectivity index (χ3v) is 6.68. The molecular weight excluding hydrogens is 282 g/mol. The molecule has 5 heteroatoms. The van der Waals surface area contributed by atoms with E-state index in [1.54, 1.807) is 12.4 Å². The van der Waals surface area contributed by atoms with E-state index in [9.17, 15) is 4.79 Å². The molecule has 0 radical (unpaired) electrons. The molecule has 2 heterocycles. The van der Waals surface area contributed by atoms with Crippen molar-refractivity contribution in [2.75, 3.05) is 12.3 Å². The van der Waals surface area contributed by atoms with Crippen molar-refractivity contribution in [3.8, 4) is 0 Å². The Balaban J connectivity index is 1.75. The summed E-state index contributed by atoms with van der Waals surface area (Å²) < 4.78 is 0.951. The fourth-order valence-corrected chi connectivity index (χ4v) is 4.26. The maximum absolute atomic E-state index is 12.4. The monoisotopic (exact) mass is 303 g/mol. The second kappa shape index (κ2) is 4.44. The number of nitrogens with one attached hydrogen (secondary N) is 1. The van der Waals surface area contributed by atoms with E-state index < -0.39 is 0 Å². The molecule has 0 atom stereocenters. The van der Waals surface area contributed by atoms with Crippen LogP contribution in [0.3, 0.4) is 0 Å². The van der Waals surface area contributed by atoms with Gasteiger partial charge in [0.1, 0.15) is 4.88 Å². The van der Waals surface area contributed by atoms with E-state index in [0.29, 0.717) is 23.0 Å². The summed E-state index contributed by atoms with van der Waals surface area (Å²) in [7, 11) is 0. The maximum atomic E-state index is 12.4. The number of carbonyl (C=O) groups excluding carboxylic acids is 1. The number of pyridine rings is 1. The minimum absolute atomic E-state index is 0.0767. The van der Waals surface area contributed by atoms with Gasteiger partial charge >= 0.3 is 0 Å². The summed E-state index contributed by atoms with van der Waals surface area (Å²) in [6.07, 6.45) is 3.45. The molecule has 1 fully saturated rings. The zero-order valence-electron chi connectivity index (χ0n) is 12.9. The first-order valence-electron chi connectivity index (χ1n) is 7.17. The molecule has 112 valence electrons. The van der Waals surface area contributed by atoms with Crippen LogP contribution in [-0.2, 0) is 0 Å². The number of hydrogen-bond acceptors (Lipinski definition) is 4. The molecular formula is C16H21N3OS. The molecule has 3 rings (SSSR count). The number of rotatable bonds is 3. The summed E-state index contributed by atoms with van der Waals surface area (Å²) >= 11 is 1.40. The van der Waals surface area contributed by atoms with Crippen LogP contribution in [0.5, 0.6) is 0 Å². The van der Waals surface area contributed by atoms with E-state index in [1.165, 1.54) is 11.3 Å². The summed E-state index contributed by atoms with van der Waals surface area (Å²) in [5, 5.41) is 3.95. The summed E-state index contributed by atoms with van der Waals surface area (Å²) in [4.78, 5) is 17.1. The van der Waals surface area contributed by atoms with Gasteiger partial charge in [-0.05, 0) is 22.8 Å². The number of carbonyl (C=O) groups is 1. The van der Waals surface area contributed by atoms with E-state index in [2.05, 4.69) is 38.0 Å². The Morgan fingerprint density at radius 3 is 2.62 bits per heavy atom. The van der Waals surface area contributed by atoms with Gasteiger partial charge in [-0.25, -0.2) is 0 Å². The number of aromatic nitrogens is 1. The Bertz CT molecular complexity index is 703. The lowest BCUT2D eigenvalue weighted by molar-refractivity contribution is 0.0955. The van der Waals surface area contributed by atoms with Gasteiger partial charge in [-0.2, -0.15) is 0 Å². The third-order valence-electron chi connectivity index (χ3n) is 5.52. The average Bonchev–Trinajstić information content (AvgIpc) is 2.71. The summed E-state index contributed by atoms with van der Waals surface area (Å²) in [5.74, 6) is 0.429. The van der Waals surface area contributed by atoms with Crippen LogP contribution in [-0.4, -0.2) is 17.4 Å². The van der Waals surface area contributed by atoms with Gasteiger partial charge in [0.2, 0.25) is 0 Å². The molecule has 0 unspecified atom stereocenters. The van der Waals surface area contributed by atoms with Gasteiger partial charge < -0.3 is 11.1 Å². The number of nitrogens with two attached hydrogens (primary N) is 1. The number of nitrogen functional groups attached to an aromatic ring is 1. The Hall–Kier alpha value is -1.62. The maximum Gasteiger partial charge on any atom is 0.263 e. The Morgan fingerprint density at radius 1 is 1.38 bits per heavy atom. The molecule has 1 saturated carbocycles. The SMILES string of the molecule is CC1(C)C(CNC(=O)c2sc3cnccc3c2N)C1(C)C. The third kappa shape index (κ3) is 2.02. The van der Waals surface area contributed by atoms with Crippen molar-refractivity contribution in [2.45, 2.75) is 27.7 Å². The molecule has 4 nitrogen and oxygen atoms in total. The number of nitrogens with zero attached hydrogens (tertiary/aromatic N) is 1. The van der Waals surface area contributed by atoms with Gasteiger partial charge in [0.05, 0.1) is 10.4 Å². The van der Waals surface area contributed by atoms with Crippen LogP contribution in [0.2, 0.25) is 0 Å². The highest BCUT2D eigenvalue weighted by Gasteiger charge is 2.64. The zero-order valence-corrected chi connectivity index (χ0v) is 13.7. The first kappa shape index (κ1) is 14.3. The molecule has 3 N–H and O–H groups in total. The lowest BCUT2D eigenvalue weighted by atomic mass is 10.0. The lowest BCUT2D eigenvalue weighted by Gasteiger charge is -2.05. The van der Waals surface area contributed by atoms with Gasteiger partial charge in [-0.15, -0.1) is 11.3 Å². The van der Waals surface area contributed by atoms with Crippen LogP contribution in [0.15, 0.2) is 18.5 Å². The summed E-state index contributed by atoms with van der Waals surface area (Å²) in [5.41, 5.74) is 7.20. The van der Waals surface area contributed by atoms with Crippen molar-refractivity contribution in [3.63, 3.8) is 0 Å². The highest BCUT2D eigenvalue weighted by Crippen LogP contribution is 2.67. The fraction of sp³-hybridized carbons (Fsp3) is 0.500. The Morgan fingerprint density at radius 2 is 2.05 bits per heavy atom. The van der Waals surface area contributed by atoms with Gasteiger partial charge in [0, 0.05) is 24.3 Å². The molecule has 2 aromatic heterocycles. The van der Waals surface area contributed by atoms with Crippen molar-refractivity contribution in [3.05, 3.63) is 23.3 Å². The molecule has 0 spiro atoms. The van der Waals surface area contributed by atoms with Crippen LogP contribution in [0.1, 0.15) is 37.4 Å². The molecule has 0 aromatic carbocycles. The largest absolute Gasteiger partial charge is 0.397 e. The van der Waals surface area contributed by atoms with Gasteiger partial charge in [0.25, 0.3) is 5.91 Å². The van der Waals surface area contributed by atoms with E-state index >= 15 is 0 Å². The van der Waals surface area contributed by atoms with Crippen LogP contribution < -0.4 is 11.1 Å². The van der Waals surface area contributed by atoms with E-state index in [0.717, 1.165) is 10.1 Å². The van der Waals surface area contributed by atoms with Crippen molar-refractivity contribution >= 4 is 33.0 Å². The van der Waals surface area contributed by atoms with Crippen LogP contribution in [0, 0.1) is 16.7 Å². The predicted octanol–water partition coefficient (Wildman–Crippen LogP) is 3.29. The molecule has 1 aliphatic rings. The topological polar surface area (TPSA) is 68.0 Å². The van der Waals surface area contributed by atoms with Crippen LogP contribution >= 0.6 is 11.3 Å². The first-order valence-corrected chi connectivity index (χ1v) is 7.98. The second-order valence-electron chi connectivity index (χ2n) is 6.92. The summed E-state index contributed by atoms with van der Waals surface area (Å²) in [6.45, 7) is 9.71. The normalized spacial score (nSPS) is 19.6. The lowest BCUT2D eigenvalue weighted by Crippen LogP contribution is -2.27. The molecule has 21 heavy (non-hydrogen) atoms. The minimum atomic E-state index is -0.0767. The van der Waals surface area contributed by atoms with Crippen molar-refractivity contribution < 1.29 is 4.79 Å². The molecule has 1 aliphatic carbocycles. The zero-order chi connectivity index (χ0) is 15.4. The highest BCUT2D eigenvalue weighted by molar-refractivity contribution is 7.21. The number of hydrogen-bond donors (Lipinski definition) is 2. The van der Waals surface area contributed by atoms with E-state index in [4.69, 9.17) is 5.73 Å². The summed E-state index contributed by atoms with van der Waals surface area (Å²) in [6, 6.07) is 1.85. The van der Waals surface area contributed by atoms with Crippen LogP contribution in [0.25, 0.3) is 10.1 Å². The van der Waals surface area contributed by atoms with Crippen molar-refractivity contribution in [1.82, 2.24) is 10.3 Å². The predicted molar refractivity (Wildman–Crippen MR) is 87.4 cm³/mol. The van der Waals surface area contributed by atoms with Gasteiger partial charge in [0.15, 0.2) is 0 Å². The Labute approximate surface area is 128 Å². The Kier molecular flexibility index (Phi) is 3.03. The first-order chi connectivity index (χ1) is 9.76. The quantitative estimate of drug-likeness (QED) is 0.914. The molecule has 1 amide bonds. The molecule has 2 aromatic rings. The average molecular weight is 303 g/mol. The van der Waals surface area contributed by atoms with Gasteiger partial charge in [-0.1, -0.05) is 27.7 Å². The highest BCUT2D eigenvalue weighted by atomic mass is 32.1. The number of thiophene rings is 1. The molecule has 0 saturated heterocycles. The second-order valence-corrected chi connectivity index (χ2v) is 7.97. The van der Waals surface area contributed by atoms with E-state index in [-0.39, 0.29) is 16.7 Å². The van der Waals surface area contributed by atoms with Crippen molar-refractivity contribution in [2.24, 2.45) is 16.7 Å². The van der Waals surface area contributed by atoms with E-state index in [1.807, 2.05) is 6.07 Å². The number of amides is 1. The standard InChI is InChI=1S/C16H21N3OS/c1-15(2)11(16(15,3)4)8-19-14(20)13-12(17)9-5-6-18-7-10(9)21-13/h5-7,11H,8,17H2,1-4H3,(H,19,20). The minimum Gasteiger partial charge on any atom is -0.397 e. The van der Waals surface area contributed by atoms with Gasteiger partial charge in [-0.3, -0.25) is 9.78 Å². The number of anilines is 1. The molecule has 0 bridgehead atoms. The van der Waals surface area contributed by atoms with Crippen molar-refractivity contribution in [1.29, 1.82) is 0 Å².